The summed E-state index contributed by atoms with van der Waals surface area (Å²) in [6, 6.07) is 30.0. The van der Waals surface area contributed by atoms with E-state index in [9.17, 15) is 4.79 Å². The molecule has 3 nitrogen and oxygen atoms in total. The fraction of sp³-hybridized carbons (Fsp3) is 0.276. The molecule has 0 saturated carbocycles. The summed E-state index contributed by atoms with van der Waals surface area (Å²) < 4.78 is 0. The van der Waals surface area contributed by atoms with E-state index in [1.54, 1.807) is 0 Å². The topological polar surface area (TPSA) is 32.3 Å². The summed E-state index contributed by atoms with van der Waals surface area (Å²) in [5.74, 6) is 6.71. The molecule has 32 heavy (non-hydrogen) atoms. The van der Waals surface area contributed by atoms with Gasteiger partial charge in [-0.1, -0.05) is 98.1 Å². The maximum absolute atomic E-state index is 13.0. The molecule has 1 amide bonds. The average Bonchev–Trinajstić information content (AvgIpc) is 2.85. The molecule has 0 aromatic heterocycles. The predicted octanol–water partition coefficient (Wildman–Crippen LogP) is 6.03. The Balaban J connectivity index is 1.83. The molecule has 0 fully saturated rings. The number of hydrogen-bond acceptors (Lipinski definition) is 2. The lowest BCUT2D eigenvalue weighted by atomic mass is 10.0. The van der Waals surface area contributed by atoms with E-state index in [0.29, 0.717) is 12.1 Å². The number of unbranched alkanes of at least 4 members (excludes halogenated alkanes) is 2. The number of nitrogens with zero attached hydrogens (tertiary/aromatic N) is 1. The van der Waals surface area contributed by atoms with Crippen LogP contribution in [0.25, 0.3) is 0 Å². The average molecular weight is 425 g/mol. The molecule has 0 spiro atoms. The fourth-order valence-corrected chi connectivity index (χ4v) is 3.50. The molecular weight excluding hydrogens is 392 g/mol. The second kappa shape index (κ2) is 13.1. The zero-order valence-corrected chi connectivity index (χ0v) is 18.8. The third-order valence-electron chi connectivity index (χ3n) is 5.33. The fourth-order valence-electron chi connectivity index (χ4n) is 3.50. The Labute approximate surface area is 192 Å². The molecule has 1 N–H and O–H groups in total. The second-order valence-electron chi connectivity index (χ2n) is 7.89. The minimum atomic E-state index is -0.110. The third-order valence-corrected chi connectivity index (χ3v) is 5.33. The van der Waals surface area contributed by atoms with Gasteiger partial charge in [-0.05, 0) is 42.5 Å². The summed E-state index contributed by atoms with van der Waals surface area (Å²) in [6.45, 7) is 2.78. The molecule has 0 saturated heterocycles. The van der Waals surface area contributed by atoms with Crippen LogP contribution >= 0.6 is 0 Å². The molecule has 3 rings (SSSR count). The van der Waals surface area contributed by atoms with Crippen LogP contribution in [0.5, 0.6) is 0 Å². The van der Waals surface area contributed by atoms with E-state index in [0.717, 1.165) is 37.7 Å². The highest BCUT2D eigenvalue weighted by Gasteiger charge is 2.20. The molecule has 164 valence electrons. The zero-order chi connectivity index (χ0) is 22.4. The van der Waals surface area contributed by atoms with Gasteiger partial charge >= 0.3 is 0 Å². The highest BCUT2D eigenvalue weighted by molar-refractivity contribution is 5.93. The summed E-state index contributed by atoms with van der Waals surface area (Å²) in [6.07, 6.45) is 4.84. The zero-order valence-electron chi connectivity index (χ0n) is 18.8. The number of hydrazine groups is 1. The summed E-state index contributed by atoms with van der Waals surface area (Å²) in [5, 5.41) is 2.01. The van der Waals surface area contributed by atoms with Gasteiger partial charge in [-0.3, -0.25) is 10.2 Å². The Bertz CT molecular complexity index is 991. The number of nitrogens with one attached hydrogen (secondary N) is 1. The van der Waals surface area contributed by atoms with Crippen LogP contribution in [0, 0.1) is 11.8 Å². The number of rotatable bonds is 10. The summed E-state index contributed by atoms with van der Waals surface area (Å²) >= 11 is 0. The van der Waals surface area contributed by atoms with E-state index in [2.05, 4.69) is 60.6 Å². The lowest BCUT2D eigenvalue weighted by Gasteiger charge is -2.29. The molecule has 0 radical (unpaired) electrons. The minimum absolute atomic E-state index is 0.0834. The Kier molecular flexibility index (Phi) is 9.58. The molecule has 1 unspecified atom stereocenters. The van der Waals surface area contributed by atoms with Crippen molar-refractivity contribution in [3.05, 3.63) is 108 Å². The van der Waals surface area contributed by atoms with Gasteiger partial charge in [-0.2, -0.15) is 0 Å². The van der Waals surface area contributed by atoms with Crippen molar-refractivity contribution >= 4 is 5.91 Å². The van der Waals surface area contributed by atoms with Crippen LogP contribution in [0.15, 0.2) is 91.0 Å². The Morgan fingerprint density at radius 3 is 2.09 bits per heavy atom. The number of carbonyl (C=O) groups is 1. The second-order valence-corrected chi connectivity index (χ2v) is 7.89. The number of aryl methyl sites for hydroxylation is 1. The normalized spacial score (nSPS) is 11.4. The molecule has 0 heterocycles. The van der Waals surface area contributed by atoms with E-state index in [-0.39, 0.29) is 11.9 Å². The lowest BCUT2D eigenvalue weighted by molar-refractivity contribution is 0.0714. The highest BCUT2D eigenvalue weighted by Crippen LogP contribution is 2.13. The van der Waals surface area contributed by atoms with E-state index >= 15 is 0 Å². The van der Waals surface area contributed by atoms with E-state index in [1.807, 2.05) is 59.6 Å². The molecule has 0 aliphatic rings. The summed E-state index contributed by atoms with van der Waals surface area (Å²) in [7, 11) is 0. The van der Waals surface area contributed by atoms with Gasteiger partial charge in [0.05, 0.1) is 6.04 Å². The van der Waals surface area contributed by atoms with Crippen molar-refractivity contribution in [1.82, 2.24) is 10.4 Å². The van der Waals surface area contributed by atoms with Crippen molar-refractivity contribution in [2.45, 2.75) is 51.6 Å². The van der Waals surface area contributed by atoms with Gasteiger partial charge in [-0.25, -0.2) is 5.01 Å². The molecule has 0 bridgehead atoms. The molecule has 3 aromatic rings. The summed E-state index contributed by atoms with van der Waals surface area (Å²) in [4.78, 5) is 13.0. The molecular formula is C29H32N2O. The quantitative estimate of drug-likeness (QED) is 0.245. The highest BCUT2D eigenvalue weighted by atomic mass is 16.2. The van der Waals surface area contributed by atoms with Crippen molar-refractivity contribution in [2.24, 2.45) is 0 Å². The van der Waals surface area contributed by atoms with Gasteiger partial charge in [0.15, 0.2) is 0 Å². The molecule has 0 aliphatic heterocycles. The number of hydrogen-bond donors (Lipinski definition) is 1. The van der Waals surface area contributed by atoms with Crippen LogP contribution < -0.4 is 5.43 Å². The molecule has 1 atom stereocenters. The smallest absolute Gasteiger partial charge is 0.265 e. The van der Waals surface area contributed by atoms with Gasteiger partial charge in [-0.15, -0.1) is 5.92 Å². The number of benzene rings is 3. The van der Waals surface area contributed by atoms with Crippen molar-refractivity contribution in [2.75, 3.05) is 0 Å². The lowest BCUT2D eigenvalue weighted by Crippen LogP contribution is -2.47. The van der Waals surface area contributed by atoms with Crippen molar-refractivity contribution in [1.29, 1.82) is 0 Å². The van der Waals surface area contributed by atoms with Gasteiger partial charge in [0.1, 0.15) is 0 Å². The van der Waals surface area contributed by atoms with Gasteiger partial charge < -0.3 is 0 Å². The van der Waals surface area contributed by atoms with Crippen molar-refractivity contribution < 1.29 is 4.79 Å². The monoisotopic (exact) mass is 424 g/mol. The van der Waals surface area contributed by atoms with Gasteiger partial charge in [0.25, 0.3) is 5.91 Å². The predicted molar refractivity (Wildman–Crippen MR) is 132 cm³/mol. The van der Waals surface area contributed by atoms with E-state index < -0.39 is 0 Å². The van der Waals surface area contributed by atoms with E-state index in [1.165, 1.54) is 5.56 Å². The standard InChI is InChI=1S/C29H32N2O/c1-2-3-4-14-21-28(23-22-25-15-8-5-9-16-25)31(24-26-17-10-6-11-18-26)30-29(32)27-19-12-7-13-20-27/h5-13,15-20,28H,2-4,22-24H2,1H3,(H,30,32). The van der Waals surface area contributed by atoms with Crippen LogP contribution in [0.2, 0.25) is 0 Å². The minimum Gasteiger partial charge on any atom is -0.283 e. The maximum atomic E-state index is 13.0. The number of carbonyl (C=O) groups excluding carboxylic acids is 1. The Hall–Kier alpha value is -3.35. The largest absolute Gasteiger partial charge is 0.283 e. The maximum Gasteiger partial charge on any atom is 0.265 e. The van der Waals surface area contributed by atoms with Gasteiger partial charge in [0, 0.05) is 18.5 Å². The summed E-state index contributed by atoms with van der Waals surface area (Å²) in [5.41, 5.74) is 6.21. The first-order chi connectivity index (χ1) is 15.8. The van der Waals surface area contributed by atoms with Crippen molar-refractivity contribution in [3.8, 4) is 11.8 Å². The first kappa shape index (κ1) is 23.3. The van der Waals surface area contributed by atoms with Crippen LogP contribution in [-0.4, -0.2) is 17.0 Å². The molecule has 0 aliphatic carbocycles. The SMILES string of the molecule is CCCCC#CC(CCc1ccccc1)N(Cc1ccccc1)NC(=O)c1ccccc1. The Morgan fingerprint density at radius 2 is 1.47 bits per heavy atom. The van der Waals surface area contributed by atoms with Crippen LogP contribution in [0.1, 0.15) is 54.1 Å². The van der Waals surface area contributed by atoms with Crippen molar-refractivity contribution in [3.63, 3.8) is 0 Å². The Morgan fingerprint density at radius 1 is 0.875 bits per heavy atom. The van der Waals surface area contributed by atoms with Crippen LogP contribution in [0.3, 0.4) is 0 Å². The first-order valence-corrected chi connectivity index (χ1v) is 11.4. The third kappa shape index (κ3) is 7.72. The first-order valence-electron chi connectivity index (χ1n) is 11.4. The molecule has 3 heteroatoms. The number of amides is 1. The van der Waals surface area contributed by atoms with Crippen LogP contribution in [-0.2, 0) is 13.0 Å². The van der Waals surface area contributed by atoms with E-state index in [4.69, 9.17) is 0 Å². The van der Waals surface area contributed by atoms with Crippen LogP contribution in [0.4, 0.5) is 0 Å². The van der Waals surface area contributed by atoms with Gasteiger partial charge in [0.2, 0.25) is 0 Å². The molecule has 3 aromatic carbocycles.